The molecule has 0 aromatic heterocycles. The first kappa shape index (κ1) is 15.5. The molecule has 0 fully saturated rings. The molecule has 0 bridgehead atoms. The Bertz CT molecular complexity index is 341. The third kappa shape index (κ3) is 5.87. The summed E-state index contributed by atoms with van der Waals surface area (Å²) in [6.45, 7) is 7.20. The molecular formula is C15H24BrNO. The smallest absolute Gasteiger partial charge is 0.122 e. The number of nitrogens with one attached hydrogen (secondary N) is 1. The molecule has 102 valence electrons. The van der Waals surface area contributed by atoms with Crippen LogP contribution in [0.15, 0.2) is 22.7 Å². The standard InChI is InChI=1S/C15H24BrNO/c1-3-10-17-11-6-5-7-13-12-14(16)8-9-15(13)18-4-2/h8-9,12,17H,3-7,10-11H2,1-2H3. The lowest BCUT2D eigenvalue weighted by atomic mass is 10.1. The van der Waals surface area contributed by atoms with Crippen LogP contribution < -0.4 is 10.1 Å². The molecule has 0 unspecified atom stereocenters. The molecule has 1 aromatic carbocycles. The molecule has 0 aliphatic heterocycles. The van der Waals surface area contributed by atoms with Crippen LogP contribution >= 0.6 is 15.9 Å². The minimum Gasteiger partial charge on any atom is -0.494 e. The molecule has 1 N–H and O–H groups in total. The normalized spacial score (nSPS) is 10.6. The highest BCUT2D eigenvalue weighted by Crippen LogP contribution is 2.24. The summed E-state index contributed by atoms with van der Waals surface area (Å²) in [6, 6.07) is 6.26. The van der Waals surface area contributed by atoms with Gasteiger partial charge in [0.05, 0.1) is 6.61 Å². The van der Waals surface area contributed by atoms with Crippen LogP contribution in [0.1, 0.15) is 38.7 Å². The summed E-state index contributed by atoms with van der Waals surface area (Å²) in [5, 5.41) is 3.43. The summed E-state index contributed by atoms with van der Waals surface area (Å²) >= 11 is 3.52. The van der Waals surface area contributed by atoms with E-state index in [9.17, 15) is 0 Å². The van der Waals surface area contributed by atoms with Gasteiger partial charge >= 0.3 is 0 Å². The van der Waals surface area contributed by atoms with Gasteiger partial charge in [-0.2, -0.15) is 0 Å². The van der Waals surface area contributed by atoms with Crippen molar-refractivity contribution in [3.05, 3.63) is 28.2 Å². The first-order valence-electron chi connectivity index (χ1n) is 6.89. The molecule has 0 saturated heterocycles. The Kier molecular flexibility index (Phi) is 8.10. The Hall–Kier alpha value is -0.540. The van der Waals surface area contributed by atoms with Crippen molar-refractivity contribution in [3.8, 4) is 5.75 Å². The molecule has 18 heavy (non-hydrogen) atoms. The first-order chi connectivity index (χ1) is 8.77. The predicted octanol–water partition coefficient (Wildman–Crippen LogP) is 4.17. The zero-order valence-electron chi connectivity index (χ0n) is 11.5. The highest BCUT2D eigenvalue weighted by Gasteiger charge is 2.04. The summed E-state index contributed by atoms with van der Waals surface area (Å²) in [4.78, 5) is 0. The van der Waals surface area contributed by atoms with Gasteiger partial charge < -0.3 is 10.1 Å². The Balaban J connectivity index is 2.37. The third-order valence-electron chi connectivity index (χ3n) is 2.80. The Labute approximate surface area is 119 Å². The first-order valence-corrected chi connectivity index (χ1v) is 7.69. The van der Waals surface area contributed by atoms with Crippen LogP contribution in [0.25, 0.3) is 0 Å². The van der Waals surface area contributed by atoms with Crippen LogP contribution in [-0.4, -0.2) is 19.7 Å². The molecule has 1 rings (SSSR count). The average molecular weight is 314 g/mol. The summed E-state index contributed by atoms with van der Waals surface area (Å²) in [7, 11) is 0. The summed E-state index contributed by atoms with van der Waals surface area (Å²) < 4.78 is 6.78. The second-order valence-corrected chi connectivity index (χ2v) is 5.31. The topological polar surface area (TPSA) is 21.3 Å². The molecule has 3 heteroatoms. The summed E-state index contributed by atoms with van der Waals surface area (Å²) in [5.74, 6) is 1.03. The zero-order chi connectivity index (χ0) is 13.2. The maximum atomic E-state index is 5.65. The van der Waals surface area contributed by atoms with Crippen molar-refractivity contribution in [3.63, 3.8) is 0 Å². The highest BCUT2D eigenvalue weighted by atomic mass is 79.9. The lowest BCUT2D eigenvalue weighted by molar-refractivity contribution is 0.336. The fourth-order valence-corrected chi connectivity index (χ4v) is 2.32. The lowest BCUT2D eigenvalue weighted by Gasteiger charge is -2.10. The van der Waals surface area contributed by atoms with E-state index in [2.05, 4.69) is 40.3 Å². The lowest BCUT2D eigenvalue weighted by Crippen LogP contribution is -2.15. The molecule has 2 nitrogen and oxygen atoms in total. The van der Waals surface area contributed by atoms with Crippen LogP contribution in [0, 0.1) is 0 Å². The van der Waals surface area contributed by atoms with E-state index in [1.807, 2.05) is 13.0 Å². The van der Waals surface area contributed by atoms with Gasteiger partial charge in [-0.1, -0.05) is 22.9 Å². The minimum atomic E-state index is 0.729. The van der Waals surface area contributed by atoms with E-state index >= 15 is 0 Å². The number of unbranched alkanes of at least 4 members (excludes halogenated alkanes) is 1. The van der Waals surface area contributed by atoms with Crippen molar-refractivity contribution >= 4 is 15.9 Å². The third-order valence-corrected chi connectivity index (χ3v) is 3.29. The zero-order valence-corrected chi connectivity index (χ0v) is 13.1. The number of rotatable bonds is 9. The number of hydrogen-bond acceptors (Lipinski definition) is 2. The quantitative estimate of drug-likeness (QED) is 0.691. The van der Waals surface area contributed by atoms with Crippen molar-refractivity contribution in [2.75, 3.05) is 19.7 Å². The number of benzene rings is 1. The van der Waals surface area contributed by atoms with Crippen LogP contribution in [-0.2, 0) is 6.42 Å². The van der Waals surface area contributed by atoms with E-state index in [1.54, 1.807) is 0 Å². The van der Waals surface area contributed by atoms with Gasteiger partial charge in [-0.15, -0.1) is 0 Å². The second kappa shape index (κ2) is 9.40. The molecule has 0 atom stereocenters. The molecular weight excluding hydrogens is 290 g/mol. The molecule has 0 spiro atoms. The van der Waals surface area contributed by atoms with Gasteiger partial charge in [0.1, 0.15) is 5.75 Å². The summed E-state index contributed by atoms with van der Waals surface area (Å²) in [5.41, 5.74) is 1.31. The Morgan fingerprint density at radius 2 is 2.00 bits per heavy atom. The molecule has 0 heterocycles. The van der Waals surface area contributed by atoms with Gasteiger partial charge in [-0.05, 0) is 69.5 Å². The van der Waals surface area contributed by atoms with Crippen LogP contribution in [0.3, 0.4) is 0 Å². The Morgan fingerprint density at radius 1 is 1.17 bits per heavy atom. The van der Waals surface area contributed by atoms with Gasteiger partial charge in [0, 0.05) is 4.47 Å². The van der Waals surface area contributed by atoms with Crippen molar-refractivity contribution < 1.29 is 4.74 Å². The maximum absolute atomic E-state index is 5.65. The Morgan fingerprint density at radius 3 is 2.72 bits per heavy atom. The van der Waals surface area contributed by atoms with E-state index in [4.69, 9.17) is 4.74 Å². The fraction of sp³-hybridized carbons (Fsp3) is 0.600. The van der Waals surface area contributed by atoms with Gasteiger partial charge in [-0.3, -0.25) is 0 Å². The molecule has 0 aliphatic rings. The van der Waals surface area contributed by atoms with Crippen molar-refractivity contribution in [2.24, 2.45) is 0 Å². The average Bonchev–Trinajstić information content (AvgIpc) is 2.37. The molecule has 0 amide bonds. The number of hydrogen-bond donors (Lipinski definition) is 1. The summed E-state index contributed by atoms with van der Waals surface area (Å²) in [6.07, 6.45) is 4.72. The number of ether oxygens (including phenoxy) is 1. The van der Waals surface area contributed by atoms with Crippen LogP contribution in [0.2, 0.25) is 0 Å². The predicted molar refractivity (Wildman–Crippen MR) is 81.4 cm³/mol. The minimum absolute atomic E-state index is 0.729. The molecule has 0 saturated carbocycles. The van der Waals surface area contributed by atoms with Gasteiger partial charge in [0.2, 0.25) is 0 Å². The second-order valence-electron chi connectivity index (χ2n) is 4.39. The van der Waals surface area contributed by atoms with Crippen molar-refractivity contribution in [1.29, 1.82) is 0 Å². The van der Waals surface area contributed by atoms with E-state index in [-0.39, 0.29) is 0 Å². The monoisotopic (exact) mass is 313 g/mol. The van der Waals surface area contributed by atoms with Crippen molar-refractivity contribution in [2.45, 2.75) is 39.5 Å². The van der Waals surface area contributed by atoms with Gasteiger partial charge in [0.25, 0.3) is 0 Å². The maximum Gasteiger partial charge on any atom is 0.122 e. The van der Waals surface area contributed by atoms with Crippen LogP contribution in [0.5, 0.6) is 5.75 Å². The van der Waals surface area contributed by atoms with E-state index in [0.29, 0.717) is 0 Å². The number of aryl methyl sites for hydroxylation is 1. The molecule has 0 aliphatic carbocycles. The van der Waals surface area contributed by atoms with Gasteiger partial charge in [-0.25, -0.2) is 0 Å². The van der Waals surface area contributed by atoms with Crippen LogP contribution in [0.4, 0.5) is 0 Å². The van der Waals surface area contributed by atoms with E-state index in [0.717, 1.165) is 36.3 Å². The van der Waals surface area contributed by atoms with E-state index < -0.39 is 0 Å². The van der Waals surface area contributed by atoms with Crippen molar-refractivity contribution in [1.82, 2.24) is 5.32 Å². The fourth-order valence-electron chi connectivity index (χ4n) is 1.91. The SMILES string of the molecule is CCCNCCCCc1cc(Br)ccc1OCC. The number of halogens is 1. The van der Waals surface area contributed by atoms with E-state index in [1.165, 1.54) is 24.8 Å². The highest BCUT2D eigenvalue weighted by molar-refractivity contribution is 9.10. The molecule has 0 radical (unpaired) electrons. The largest absolute Gasteiger partial charge is 0.494 e. The van der Waals surface area contributed by atoms with Gasteiger partial charge in [0.15, 0.2) is 0 Å². The molecule has 1 aromatic rings.